The molecular weight excluding hydrogens is 963 g/mol. The van der Waals surface area contributed by atoms with Crippen LogP contribution in [-0.2, 0) is 62.9 Å². The van der Waals surface area contributed by atoms with Crippen LogP contribution in [0.3, 0.4) is 0 Å². The Kier molecular flexibility index (Phi) is 28.3. The number of fused-ring (bicyclic) bond motifs is 3. The summed E-state index contributed by atoms with van der Waals surface area (Å²) in [6.45, 7) is 15.7. The molecular formula is C40H54Cl3K2N11O9. The number of rotatable bonds is 17. The molecule has 5 aromatic heterocycles. The van der Waals surface area contributed by atoms with Crippen LogP contribution in [0.1, 0.15) is 85.5 Å². The van der Waals surface area contributed by atoms with Gasteiger partial charge in [-0.05, 0) is 42.5 Å². The van der Waals surface area contributed by atoms with Gasteiger partial charge in [0.15, 0.2) is 22.3 Å². The maximum atomic E-state index is 12.3. The van der Waals surface area contributed by atoms with Crippen molar-refractivity contribution >= 4 is 74.6 Å². The van der Waals surface area contributed by atoms with Gasteiger partial charge in [-0.1, -0.05) is 83.0 Å². The minimum atomic E-state index is -0.474. The standard InChI is InChI=1S/C14H19ClN4O2.C13H17ClN4O2.C12H16ClN3O2.CH2O3.2K.H/c1-4-6-7-9-19-11-10(12(20)17(3)14(19)21)18(8-5-2)13(15)16-11;1-3-5-6-8-18-10-9(11(19)16-13(18)20)17(7-4-2)12(14)15-10;1-3-4-5-6-16-10-8(7-9(13)14-10)11(17)15(2)12(16)18;2-1-4-3;;;/h5H,2,4,6-9H2,1,3H3;4H,2-3,5-8H2,1H3,(H,16,19,20);3-7H2,1-2H3;1,3H;;;/q;;;;2*+1;-1/p-1. The summed E-state index contributed by atoms with van der Waals surface area (Å²) in [6.07, 6.45) is 12.4. The quantitative estimate of drug-likeness (QED) is 0.0203. The number of imidazole rings is 2. The Hall–Kier alpha value is -2.30. The Labute approximate surface area is 475 Å². The van der Waals surface area contributed by atoms with Crippen molar-refractivity contribution in [1.82, 2.24) is 46.9 Å². The summed E-state index contributed by atoms with van der Waals surface area (Å²) in [7, 11) is 2.97. The molecule has 6 heterocycles. The molecule has 0 fully saturated rings. The zero-order valence-corrected chi connectivity index (χ0v) is 46.5. The average Bonchev–Trinajstić information content (AvgIpc) is 3.92. The van der Waals surface area contributed by atoms with Gasteiger partial charge in [0.05, 0.1) is 5.56 Å². The van der Waals surface area contributed by atoms with Gasteiger partial charge in [0.2, 0.25) is 10.6 Å². The average molecular weight is 1020 g/mol. The molecule has 20 nitrogen and oxygen atoms in total. The van der Waals surface area contributed by atoms with Gasteiger partial charge in [0, 0.05) is 53.2 Å². The van der Waals surface area contributed by atoms with Crippen molar-refractivity contribution in [2.45, 2.75) is 118 Å². The molecule has 25 heteroatoms. The molecule has 6 rings (SSSR count). The predicted molar refractivity (Wildman–Crippen MR) is 244 cm³/mol. The maximum absolute atomic E-state index is 12.3. The van der Waals surface area contributed by atoms with Crippen LogP contribution >= 0.6 is 34.8 Å². The predicted octanol–water partition coefficient (Wildman–Crippen LogP) is -2.04. The first-order valence-corrected chi connectivity index (χ1v) is 21.5. The second-order valence-corrected chi connectivity index (χ2v) is 15.3. The molecule has 0 atom stereocenters. The number of allylic oxidation sites excluding steroid dienone is 2. The first kappa shape index (κ1) is 60.7. The van der Waals surface area contributed by atoms with Gasteiger partial charge in [0.25, 0.3) is 23.2 Å². The van der Waals surface area contributed by atoms with Gasteiger partial charge >= 0.3 is 120 Å². The number of aryl methyl sites for hydroxylation is 2. The molecule has 0 unspecified atom stereocenters. The zero-order chi connectivity index (χ0) is 47.0. The molecule has 0 spiro atoms. The van der Waals surface area contributed by atoms with E-state index in [-0.39, 0.29) is 144 Å². The Morgan fingerprint density at radius 1 is 0.692 bits per heavy atom. The number of aromatic nitrogens is 10. The second kappa shape index (κ2) is 30.2. The summed E-state index contributed by atoms with van der Waals surface area (Å²) in [4.78, 5) is 98.6. The number of aliphatic imine (C=N–C) groups is 1. The molecule has 0 aromatic carbocycles. The summed E-state index contributed by atoms with van der Waals surface area (Å²) in [5.74, 6) is 0.448. The van der Waals surface area contributed by atoms with Crippen LogP contribution in [0, 0.1) is 0 Å². The van der Waals surface area contributed by atoms with E-state index >= 15 is 0 Å². The molecule has 1 aliphatic rings. The van der Waals surface area contributed by atoms with E-state index in [1.807, 2.05) is 0 Å². The number of unbranched alkanes of at least 4 members (excludes halogenated alkanes) is 6. The fourth-order valence-electron chi connectivity index (χ4n) is 6.64. The van der Waals surface area contributed by atoms with Crippen molar-refractivity contribution < 1.29 is 119 Å². The summed E-state index contributed by atoms with van der Waals surface area (Å²) >= 11 is 18.0. The van der Waals surface area contributed by atoms with Crippen LogP contribution in [0.4, 0.5) is 5.82 Å². The molecule has 346 valence electrons. The topological polar surface area (TPSA) is 240 Å². The van der Waals surface area contributed by atoms with E-state index < -0.39 is 11.2 Å². The van der Waals surface area contributed by atoms with Gasteiger partial charge in [-0.2, -0.15) is 9.97 Å². The third-order valence-electron chi connectivity index (χ3n) is 9.80. The zero-order valence-electron chi connectivity index (χ0n) is 39.0. The number of carbonyl (C=O) groups excluding carboxylic acids is 1. The normalized spacial score (nSPS) is 11.1. The molecule has 0 radical (unpaired) electrons. The fraction of sp³-hybridized carbons (Fsp3) is 0.500. The van der Waals surface area contributed by atoms with Gasteiger partial charge in [-0.15, -0.1) is 13.2 Å². The molecule has 0 saturated carbocycles. The van der Waals surface area contributed by atoms with E-state index in [0.717, 1.165) is 66.9 Å². The van der Waals surface area contributed by atoms with Gasteiger partial charge in [0.1, 0.15) is 11.0 Å². The smallest absolute Gasteiger partial charge is 1.00 e. The molecule has 65 heavy (non-hydrogen) atoms. The molecule has 0 saturated heterocycles. The maximum Gasteiger partial charge on any atom is 1.00 e. The van der Waals surface area contributed by atoms with E-state index in [9.17, 15) is 28.8 Å². The Morgan fingerprint density at radius 3 is 1.60 bits per heavy atom. The number of hydrogen-bond donors (Lipinski definition) is 1. The van der Waals surface area contributed by atoms with Crippen LogP contribution in [0.2, 0.25) is 10.6 Å². The fourth-order valence-corrected chi connectivity index (χ4v) is 7.32. The number of carbonyl (C=O) groups is 1. The van der Waals surface area contributed by atoms with Gasteiger partial charge < -0.3 is 20.7 Å². The molecule has 0 bridgehead atoms. The van der Waals surface area contributed by atoms with Gasteiger partial charge in [-0.3, -0.25) is 47.0 Å². The Balaban J connectivity index is 0.000000903. The molecule has 1 N–H and O–H groups in total. The first-order valence-electron chi connectivity index (χ1n) is 20.3. The van der Waals surface area contributed by atoms with Crippen molar-refractivity contribution in [1.29, 1.82) is 0 Å². The molecule has 1 aliphatic heterocycles. The monoisotopic (exact) mass is 1020 g/mol. The van der Waals surface area contributed by atoms with Crippen LogP contribution < -0.4 is 142 Å². The summed E-state index contributed by atoms with van der Waals surface area (Å²) < 4.78 is 9.90. The number of nitrogens with zero attached hydrogens (tertiary/aromatic N) is 10. The second-order valence-electron chi connectivity index (χ2n) is 14.2. The van der Waals surface area contributed by atoms with E-state index in [1.165, 1.54) is 23.2 Å². The van der Waals surface area contributed by atoms with E-state index in [1.54, 1.807) is 25.9 Å². The van der Waals surface area contributed by atoms with Crippen molar-refractivity contribution in [3.8, 4) is 0 Å². The third kappa shape index (κ3) is 15.3. The first-order chi connectivity index (χ1) is 30.1. The number of aromatic amines is 1. The minimum absolute atomic E-state index is 0. The third-order valence-corrected chi connectivity index (χ3v) is 10.6. The SMILES string of the molecule is C=CCn1c(Cl)nc2c1c(=O)[nH]c(=O)n2CCCCC.C=CCn1c(Cl)nc2c1c(=O)n(C)c(=O)n2CCCCC.CCCCCn1c2c(c(=O)n(C)c1=O)CC(Cl)=N2.O=CO[O-].[H-].[K+].[K+]. The summed E-state index contributed by atoms with van der Waals surface area (Å²) in [6, 6.07) is 0. The Bertz CT molecular complexity index is 2830. The van der Waals surface area contributed by atoms with Crippen LogP contribution in [0.15, 0.2) is 59.1 Å². The largest absolute Gasteiger partial charge is 1.00 e. The van der Waals surface area contributed by atoms with Crippen LogP contribution in [0.5, 0.6) is 0 Å². The van der Waals surface area contributed by atoms with E-state index in [4.69, 9.17) is 44.9 Å². The van der Waals surface area contributed by atoms with Crippen molar-refractivity contribution in [3.05, 3.63) is 104 Å². The van der Waals surface area contributed by atoms with Crippen LogP contribution in [0.25, 0.3) is 22.3 Å². The van der Waals surface area contributed by atoms with E-state index in [0.29, 0.717) is 78.0 Å². The number of H-pyrrole nitrogens is 1. The molecule has 0 aliphatic carbocycles. The number of nitrogens with one attached hydrogen (secondary N) is 1. The van der Waals surface area contributed by atoms with Crippen LogP contribution in [-0.4, -0.2) is 58.6 Å². The number of halogens is 3. The molecule has 0 amide bonds. The van der Waals surface area contributed by atoms with Crippen molar-refractivity contribution in [2.24, 2.45) is 19.1 Å². The van der Waals surface area contributed by atoms with Crippen molar-refractivity contribution in [2.75, 3.05) is 0 Å². The van der Waals surface area contributed by atoms with Gasteiger partial charge in [-0.25, -0.2) is 19.4 Å². The Morgan fingerprint density at radius 2 is 1.12 bits per heavy atom. The van der Waals surface area contributed by atoms with E-state index in [2.05, 4.69) is 58.8 Å². The van der Waals surface area contributed by atoms with Crippen molar-refractivity contribution in [3.63, 3.8) is 0 Å². The number of hydrogen-bond acceptors (Lipinski definition) is 12. The summed E-state index contributed by atoms with van der Waals surface area (Å²) in [5.41, 5.74) is -0.398. The molecule has 5 aromatic rings. The minimum Gasteiger partial charge on any atom is -1.00 e. The summed E-state index contributed by atoms with van der Waals surface area (Å²) in [5, 5.41) is 9.18.